The molecule has 0 saturated carbocycles. The van der Waals surface area contributed by atoms with Crippen LogP contribution in [0.3, 0.4) is 0 Å². The summed E-state index contributed by atoms with van der Waals surface area (Å²) in [4.78, 5) is 5.78. The zero-order valence-electron chi connectivity index (χ0n) is 11.8. The molecule has 1 aromatic heterocycles. The SMILES string of the molecule is Cc1cccc(SCc2noc(C3(C)CCCN3)n2)c1. The number of nitrogens with zero attached hydrogens (tertiary/aromatic N) is 2. The number of thioether (sulfide) groups is 1. The smallest absolute Gasteiger partial charge is 0.246 e. The third-order valence-corrected chi connectivity index (χ3v) is 4.66. The highest BCUT2D eigenvalue weighted by molar-refractivity contribution is 7.98. The third-order valence-electron chi connectivity index (χ3n) is 3.67. The van der Waals surface area contributed by atoms with Gasteiger partial charge in [-0.05, 0) is 45.4 Å². The van der Waals surface area contributed by atoms with E-state index < -0.39 is 0 Å². The van der Waals surface area contributed by atoms with Crippen molar-refractivity contribution in [3.05, 3.63) is 41.5 Å². The fourth-order valence-electron chi connectivity index (χ4n) is 2.47. The second kappa shape index (κ2) is 5.58. The highest BCUT2D eigenvalue weighted by Crippen LogP contribution is 2.30. The van der Waals surface area contributed by atoms with E-state index >= 15 is 0 Å². The van der Waals surface area contributed by atoms with E-state index in [1.54, 1.807) is 11.8 Å². The normalized spacial score (nSPS) is 22.3. The van der Waals surface area contributed by atoms with E-state index in [2.05, 4.69) is 53.6 Å². The number of aryl methyl sites for hydroxylation is 1. The van der Waals surface area contributed by atoms with Gasteiger partial charge in [-0.1, -0.05) is 22.9 Å². The zero-order chi connectivity index (χ0) is 14.0. The van der Waals surface area contributed by atoms with Gasteiger partial charge in [-0.25, -0.2) is 0 Å². The van der Waals surface area contributed by atoms with E-state index in [1.165, 1.54) is 10.5 Å². The van der Waals surface area contributed by atoms with Crippen LogP contribution in [-0.4, -0.2) is 16.7 Å². The van der Waals surface area contributed by atoms with Crippen LogP contribution in [0, 0.1) is 6.92 Å². The molecule has 3 rings (SSSR count). The Morgan fingerprint density at radius 2 is 2.35 bits per heavy atom. The van der Waals surface area contributed by atoms with E-state index in [0.29, 0.717) is 0 Å². The lowest BCUT2D eigenvalue weighted by atomic mass is 10.0. The number of hydrogen-bond donors (Lipinski definition) is 1. The molecule has 4 nitrogen and oxygen atoms in total. The Hall–Kier alpha value is -1.33. The highest BCUT2D eigenvalue weighted by Gasteiger charge is 2.35. The van der Waals surface area contributed by atoms with Crippen LogP contribution in [0.5, 0.6) is 0 Å². The van der Waals surface area contributed by atoms with Crippen molar-refractivity contribution in [3.63, 3.8) is 0 Å². The first kappa shape index (κ1) is 13.6. The van der Waals surface area contributed by atoms with Crippen LogP contribution in [0.15, 0.2) is 33.7 Å². The molecule has 1 unspecified atom stereocenters. The van der Waals surface area contributed by atoms with Crippen molar-refractivity contribution in [2.24, 2.45) is 0 Å². The van der Waals surface area contributed by atoms with Crippen molar-refractivity contribution >= 4 is 11.8 Å². The number of rotatable bonds is 4. The van der Waals surface area contributed by atoms with Gasteiger partial charge < -0.3 is 9.84 Å². The molecule has 0 aliphatic carbocycles. The minimum Gasteiger partial charge on any atom is -0.337 e. The van der Waals surface area contributed by atoms with Gasteiger partial charge in [-0.15, -0.1) is 11.8 Å². The Morgan fingerprint density at radius 1 is 1.45 bits per heavy atom. The van der Waals surface area contributed by atoms with E-state index in [-0.39, 0.29) is 5.54 Å². The van der Waals surface area contributed by atoms with Gasteiger partial charge in [0.2, 0.25) is 5.89 Å². The van der Waals surface area contributed by atoms with Gasteiger partial charge in [-0.3, -0.25) is 0 Å². The lowest BCUT2D eigenvalue weighted by Crippen LogP contribution is -2.33. The molecule has 1 N–H and O–H groups in total. The first-order chi connectivity index (χ1) is 9.66. The van der Waals surface area contributed by atoms with E-state index in [4.69, 9.17) is 4.52 Å². The molecule has 2 heterocycles. The average Bonchev–Trinajstić information content (AvgIpc) is 3.06. The third kappa shape index (κ3) is 2.88. The molecule has 0 bridgehead atoms. The molecule has 1 aliphatic rings. The van der Waals surface area contributed by atoms with E-state index in [1.807, 2.05) is 0 Å². The maximum Gasteiger partial charge on any atom is 0.246 e. The standard InChI is InChI=1S/C15H19N3OS/c1-11-5-3-6-12(9-11)20-10-13-17-14(19-18-13)15(2)7-4-8-16-15/h3,5-6,9,16H,4,7-8,10H2,1-2H3. The molecule has 1 aliphatic heterocycles. The van der Waals surface area contributed by atoms with Crippen molar-refractivity contribution in [1.82, 2.24) is 15.5 Å². The Balaban J connectivity index is 1.65. The van der Waals surface area contributed by atoms with Crippen molar-refractivity contribution in [1.29, 1.82) is 0 Å². The summed E-state index contributed by atoms with van der Waals surface area (Å²) >= 11 is 1.74. The monoisotopic (exact) mass is 289 g/mol. The van der Waals surface area contributed by atoms with Crippen molar-refractivity contribution < 1.29 is 4.52 Å². The first-order valence-corrected chi connectivity index (χ1v) is 7.92. The molecule has 0 radical (unpaired) electrons. The number of aromatic nitrogens is 2. The lowest BCUT2D eigenvalue weighted by Gasteiger charge is -2.18. The van der Waals surface area contributed by atoms with E-state index in [0.717, 1.165) is 36.9 Å². The Labute approximate surface area is 123 Å². The number of hydrogen-bond acceptors (Lipinski definition) is 5. The summed E-state index contributed by atoms with van der Waals surface area (Å²) in [6.45, 7) is 5.25. The minimum absolute atomic E-state index is 0.140. The lowest BCUT2D eigenvalue weighted by molar-refractivity contribution is 0.274. The minimum atomic E-state index is -0.140. The van der Waals surface area contributed by atoms with Crippen LogP contribution >= 0.6 is 11.8 Å². The molecule has 2 aromatic rings. The van der Waals surface area contributed by atoms with Crippen LogP contribution in [0.1, 0.15) is 37.0 Å². The highest BCUT2D eigenvalue weighted by atomic mass is 32.2. The largest absolute Gasteiger partial charge is 0.337 e. The summed E-state index contributed by atoms with van der Waals surface area (Å²) in [5.41, 5.74) is 1.13. The van der Waals surface area contributed by atoms with Crippen molar-refractivity contribution in [2.75, 3.05) is 6.54 Å². The zero-order valence-corrected chi connectivity index (χ0v) is 12.7. The molecule has 5 heteroatoms. The van der Waals surface area contributed by atoms with Crippen molar-refractivity contribution in [2.45, 2.75) is 42.9 Å². The van der Waals surface area contributed by atoms with Gasteiger partial charge in [0, 0.05) is 4.90 Å². The number of nitrogens with one attached hydrogen (secondary N) is 1. The van der Waals surface area contributed by atoms with Crippen LogP contribution in [0.25, 0.3) is 0 Å². The summed E-state index contributed by atoms with van der Waals surface area (Å²) in [7, 11) is 0. The van der Waals surface area contributed by atoms with E-state index in [9.17, 15) is 0 Å². The van der Waals surface area contributed by atoms with Crippen LogP contribution in [-0.2, 0) is 11.3 Å². The van der Waals surface area contributed by atoms with Gasteiger partial charge >= 0.3 is 0 Å². The Kier molecular flexibility index (Phi) is 3.81. The predicted molar refractivity (Wildman–Crippen MR) is 79.6 cm³/mol. The van der Waals surface area contributed by atoms with Crippen LogP contribution < -0.4 is 5.32 Å². The number of benzene rings is 1. The van der Waals surface area contributed by atoms with Gasteiger partial charge in [0.25, 0.3) is 0 Å². The van der Waals surface area contributed by atoms with Gasteiger partial charge in [-0.2, -0.15) is 4.98 Å². The maximum absolute atomic E-state index is 5.43. The van der Waals surface area contributed by atoms with Crippen LogP contribution in [0.4, 0.5) is 0 Å². The summed E-state index contributed by atoms with van der Waals surface area (Å²) in [6.07, 6.45) is 2.21. The average molecular weight is 289 g/mol. The maximum atomic E-state index is 5.43. The molecule has 0 amide bonds. The molecule has 1 saturated heterocycles. The Bertz CT molecular complexity index is 590. The van der Waals surface area contributed by atoms with Crippen LogP contribution in [0.2, 0.25) is 0 Å². The molecular formula is C15H19N3OS. The molecule has 1 aromatic carbocycles. The molecule has 0 spiro atoms. The predicted octanol–water partition coefficient (Wildman–Crippen LogP) is 3.27. The summed E-state index contributed by atoms with van der Waals surface area (Å²) in [5, 5.41) is 7.54. The second-order valence-corrected chi connectivity index (χ2v) is 6.53. The summed E-state index contributed by atoms with van der Waals surface area (Å²) in [6, 6.07) is 8.45. The fourth-order valence-corrected chi connectivity index (χ4v) is 3.32. The molecular weight excluding hydrogens is 270 g/mol. The van der Waals surface area contributed by atoms with Gasteiger partial charge in [0.05, 0.1) is 11.3 Å². The first-order valence-electron chi connectivity index (χ1n) is 6.93. The van der Waals surface area contributed by atoms with Gasteiger partial charge in [0.1, 0.15) is 0 Å². The fraction of sp³-hybridized carbons (Fsp3) is 0.467. The quantitative estimate of drug-likeness (QED) is 0.875. The summed E-state index contributed by atoms with van der Waals surface area (Å²) in [5.74, 6) is 2.22. The molecule has 20 heavy (non-hydrogen) atoms. The molecule has 1 atom stereocenters. The van der Waals surface area contributed by atoms with Gasteiger partial charge in [0.15, 0.2) is 5.82 Å². The molecule has 1 fully saturated rings. The second-order valence-electron chi connectivity index (χ2n) is 5.48. The Morgan fingerprint density at radius 3 is 3.10 bits per heavy atom. The topological polar surface area (TPSA) is 51.0 Å². The summed E-state index contributed by atoms with van der Waals surface area (Å²) < 4.78 is 5.43. The molecule has 106 valence electrons. The van der Waals surface area contributed by atoms with Crippen molar-refractivity contribution in [3.8, 4) is 0 Å².